The number of hydrogen-bond donors (Lipinski definition) is 1. The van der Waals surface area contributed by atoms with Crippen LogP contribution in [0.2, 0.25) is 0 Å². The summed E-state index contributed by atoms with van der Waals surface area (Å²) in [7, 11) is 1.64. The Balaban J connectivity index is 1.92. The van der Waals surface area contributed by atoms with E-state index in [2.05, 4.69) is 39.5 Å². The van der Waals surface area contributed by atoms with Crippen molar-refractivity contribution in [1.82, 2.24) is 5.32 Å². The third kappa shape index (κ3) is 3.22. The molecule has 22 heavy (non-hydrogen) atoms. The van der Waals surface area contributed by atoms with Crippen LogP contribution in [0.4, 0.5) is 0 Å². The van der Waals surface area contributed by atoms with Crippen LogP contribution in [-0.2, 0) is 4.79 Å². The van der Waals surface area contributed by atoms with Gasteiger partial charge in [0.1, 0.15) is 5.75 Å². The maximum Gasteiger partial charge on any atom is 0.225 e. The topological polar surface area (TPSA) is 38.3 Å². The minimum atomic E-state index is 0.0428. The zero-order valence-electron chi connectivity index (χ0n) is 12.2. The minimum Gasteiger partial charge on any atom is -0.497 e. The Bertz CT molecular complexity index is 705. The highest BCUT2D eigenvalue weighted by Gasteiger charge is 2.21. The summed E-state index contributed by atoms with van der Waals surface area (Å²) in [5.74, 6) is 0.941. The van der Waals surface area contributed by atoms with Crippen LogP contribution in [0, 0.1) is 0 Å². The number of ether oxygens (including phenoxy) is 1. The molecule has 0 bridgehead atoms. The number of benzene rings is 2. The van der Waals surface area contributed by atoms with Gasteiger partial charge in [-0.15, -0.1) is 0 Å². The van der Waals surface area contributed by atoms with E-state index in [-0.39, 0.29) is 11.8 Å². The first-order valence-electron chi connectivity index (χ1n) is 7.07. The molecule has 0 saturated heterocycles. The summed E-state index contributed by atoms with van der Waals surface area (Å²) in [4.78, 5) is 12.0. The van der Waals surface area contributed by atoms with Crippen molar-refractivity contribution < 1.29 is 9.53 Å². The van der Waals surface area contributed by atoms with Gasteiger partial charge in [0.05, 0.1) is 7.11 Å². The molecule has 112 valence electrons. The summed E-state index contributed by atoms with van der Waals surface area (Å²) in [6.45, 7) is 0. The number of carbonyl (C=O) groups excluding carboxylic acids is 1. The molecular weight excluding hydrogens is 342 g/mol. The van der Waals surface area contributed by atoms with Gasteiger partial charge in [0, 0.05) is 22.5 Å². The molecule has 0 aliphatic carbocycles. The minimum absolute atomic E-state index is 0.0428. The first-order chi connectivity index (χ1) is 10.7. The number of amides is 1. The van der Waals surface area contributed by atoms with Gasteiger partial charge in [-0.1, -0.05) is 34.1 Å². The molecule has 1 N–H and O–H groups in total. The van der Waals surface area contributed by atoms with E-state index in [0.29, 0.717) is 6.42 Å². The van der Waals surface area contributed by atoms with Crippen LogP contribution in [0.25, 0.3) is 5.70 Å². The number of halogens is 1. The lowest BCUT2D eigenvalue weighted by atomic mass is 9.90. The highest BCUT2D eigenvalue weighted by Crippen LogP contribution is 2.30. The van der Waals surface area contributed by atoms with Crippen molar-refractivity contribution >= 4 is 27.5 Å². The Kier molecular flexibility index (Phi) is 4.29. The smallest absolute Gasteiger partial charge is 0.225 e. The number of allylic oxidation sites excluding steroid dienone is 1. The van der Waals surface area contributed by atoms with E-state index in [0.717, 1.165) is 27.0 Å². The highest BCUT2D eigenvalue weighted by molar-refractivity contribution is 9.10. The molecule has 1 amide bonds. The molecule has 1 aliphatic rings. The van der Waals surface area contributed by atoms with Crippen LogP contribution in [0.1, 0.15) is 23.5 Å². The Labute approximate surface area is 138 Å². The molecule has 3 nitrogen and oxygen atoms in total. The molecule has 0 aromatic heterocycles. The lowest BCUT2D eigenvalue weighted by molar-refractivity contribution is -0.120. The van der Waals surface area contributed by atoms with Crippen molar-refractivity contribution in [2.75, 3.05) is 7.11 Å². The number of hydrogen-bond acceptors (Lipinski definition) is 2. The van der Waals surface area contributed by atoms with Crippen molar-refractivity contribution in [3.05, 3.63) is 70.2 Å². The zero-order chi connectivity index (χ0) is 15.5. The highest BCUT2D eigenvalue weighted by atomic mass is 79.9. The summed E-state index contributed by atoms with van der Waals surface area (Å²) >= 11 is 3.44. The van der Waals surface area contributed by atoms with Crippen molar-refractivity contribution in [3.8, 4) is 5.75 Å². The van der Waals surface area contributed by atoms with Crippen LogP contribution in [0.15, 0.2) is 59.1 Å². The molecule has 0 radical (unpaired) electrons. The molecule has 0 spiro atoms. The number of nitrogens with one attached hydrogen (secondary N) is 1. The normalized spacial score (nSPS) is 17.6. The number of rotatable bonds is 3. The zero-order valence-corrected chi connectivity index (χ0v) is 13.8. The van der Waals surface area contributed by atoms with Crippen molar-refractivity contribution in [2.45, 2.75) is 12.3 Å². The van der Waals surface area contributed by atoms with Crippen LogP contribution in [-0.4, -0.2) is 13.0 Å². The van der Waals surface area contributed by atoms with Gasteiger partial charge >= 0.3 is 0 Å². The predicted octanol–water partition coefficient (Wildman–Crippen LogP) is 4.10. The molecule has 0 saturated carbocycles. The summed E-state index contributed by atoms with van der Waals surface area (Å²) in [6.07, 6.45) is 2.59. The molecule has 1 atom stereocenters. The first-order valence-corrected chi connectivity index (χ1v) is 7.86. The van der Waals surface area contributed by atoms with E-state index in [1.54, 1.807) is 7.11 Å². The van der Waals surface area contributed by atoms with E-state index < -0.39 is 0 Å². The fraction of sp³-hybridized carbons (Fsp3) is 0.167. The van der Waals surface area contributed by atoms with Gasteiger partial charge in [-0.05, 0) is 47.5 Å². The Morgan fingerprint density at radius 3 is 2.41 bits per heavy atom. The van der Waals surface area contributed by atoms with Gasteiger partial charge in [-0.3, -0.25) is 4.79 Å². The van der Waals surface area contributed by atoms with E-state index in [4.69, 9.17) is 4.74 Å². The van der Waals surface area contributed by atoms with Crippen LogP contribution >= 0.6 is 15.9 Å². The van der Waals surface area contributed by atoms with Crippen molar-refractivity contribution in [3.63, 3.8) is 0 Å². The molecule has 0 fully saturated rings. The third-order valence-electron chi connectivity index (χ3n) is 3.75. The largest absolute Gasteiger partial charge is 0.497 e. The standard InChI is InChI=1S/C18H16BrNO2/c1-22-16-8-4-13(5-9-16)17-10-14(11-18(21)20-17)12-2-6-15(19)7-3-12/h2-10,14H,11H2,1H3,(H,20,21). The second-order valence-corrected chi connectivity index (χ2v) is 6.13. The van der Waals surface area contributed by atoms with Gasteiger partial charge in [0.25, 0.3) is 0 Å². The lowest BCUT2D eigenvalue weighted by Crippen LogP contribution is -2.28. The van der Waals surface area contributed by atoms with Crippen LogP contribution in [0.5, 0.6) is 5.75 Å². The van der Waals surface area contributed by atoms with Gasteiger partial charge < -0.3 is 10.1 Å². The Morgan fingerprint density at radius 2 is 1.77 bits per heavy atom. The monoisotopic (exact) mass is 357 g/mol. The SMILES string of the molecule is COc1ccc(C2=CC(c3ccc(Br)cc3)CC(=O)N2)cc1. The molecule has 2 aromatic carbocycles. The summed E-state index contributed by atoms with van der Waals surface area (Å²) in [6, 6.07) is 15.8. The molecule has 1 unspecified atom stereocenters. The maximum absolute atomic E-state index is 12.0. The molecule has 3 rings (SSSR count). The lowest BCUT2D eigenvalue weighted by Gasteiger charge is -2.22. The Morgan fingerprint density at radius 1 is 1.09 bits per heavy atom. The number of carbonyl (C=O) groups is 1. The van der Waals surface area contributed by atoms with Gasteiger partial charge in [-0.25, -0.2) is 0 Å². The second kappa shape index (κ2) is 6.36. The summed E-state index contributed by atoms with van der Waals surface area (Å²) in [5.41, 5.74) is 2.98. The molecule has 1 heterocycles. The fourth-order valence-electron chi connectivity index (χ4n) is 2.57. The Hall–Kier alpha value is -2.07. The summed E-state index contributed by atoms with van der Waals surface area (Å²) in [5, 5.41) is 2.95. The fourth-order valence-corrected chi connectivity index (χ4v) is 2.83. The van der Waals surface area contributed by atoms with E-state index in [1.807, 2.05) is 36.4 Å². The van der Waals surface area contributed by atoms with Crippen LogP contribution in [0.3, 0.4) is 0 Å². The average Bonchev–Trinajstić information content (AvgIpc) is 2.55. The quantitative estimate of drug-likeness (QED) is 0.897. The summed E-state index contributed by atoms with van der Waals surface area (Å²) < 4.78 is 6.21. The van der Waals surface area contributed by atoms with E-state index in [1.165, 1.54) is 0 Å². The molecular formula is C18H16BrNO2. The van der Waals surface area contributed by atoms with Gasteiger partial charge in [0.15, 0.2) is 0 Å². The van der Waals surface area contributed by atoms with E-state index >= 15 is 0 Å². The third-order valence-corrected chi connectivity index (χ3v) is 4.28. The van der Waals surface area contributed by atoms with Gasteiger partial charge in [0.2, 0.25) is 5.91 Å². The van der Waals surface area contributed by atoms with Crippen molar-refractivity contribution in [1.29, 1.82) is 0 Å². The maximum atomic E-state index is 12.0. The van der Waals surface area contributed by atoms with Gasteiger partial charge in [-0.2, -0.15) is 0 Å². The molecule has 4 heteroatoms. The molecule has 2 aromatic rings. The van der Waals surface area contributed by atoms with Crippen LogP contribution < -0.4 is 10.1 Å². The second-order valence-electron chi connectivity index (χ2n) is 5.22. The van der Waals surface area contributed by atoms with Crippen molar-refractivity contribution in [2.24, 2.45) is 0 Å². The van der Waals surface area contributed by atoms with E-state index in [9.17, 15) is 4.79 Å². The molecule has 1 aliphatic heterocycles. The number of methoxy groups -OCH3 is 1. The average molecular weight is 358 g/mol. The predicted molar refractivity (Wildman–Crippen MR) is 90.6 cm³/mol. The first kappa shape index (κ1) is 14.9.